The Hall–Kier alpha value is -1.33. The third-order valence-corrected chi connectivity index (χ3v) is 6.21. The summed E-state index contributed by atoms with van der Waals surface area (Å²) in [5.41, 5.74) is 1.11. The van der Waals surface area contributed by atoms with Gasteiger partial charge in [-0.2, -0.15) is 4.68 Å². The molecule has 0 aliphatic heterocycles. The third kappa shape index (κ3) is 8.81. The molecule has 30 heavy (non-hydrogen) atoms. The van der Waals surface area contributed by atoms with Gasteiger partial charge in [-0.1, -0.05) is 119 Å². The van der Waals surface area contributed by atoms with Crippen LogP contribution in [-0.4, -0.2) is 27.6 Å². The highest BCUT2D eigenvalue weighted by molar-refractivity contribution is 6.42. The van der Waals surface area contributed by atoms with Crippen molar-refractivity contribution in [3.8, 4) is 0 Å². The minimum absolute atomic E-state index is 0.286. The minimum atomic E-state index is -0.286. The van der Waals surface area contributed by atoms with Crippen molar-refractivity contribution in [2.24, 2.45) is 0 Å². The van der Waals surface area contributed by atoms with E-state index in [2.05, 4.69) is 22.6 Å². The first-order valence-corrected chi connectivity index (χ1v) is 12.4. The van der Waals surface area contributed by atoms with Crippen LogP contribution in [0.4, 0.5) is 4.79 Å². The molecule has 1 aromatic heterocycles. The second kappa shape index (κ2) is 14.6. The van der Waals surface area contributed by atoms with Gasteiger partial charge in [-0.15, -0.1) is 5.10 Å². The Morgan fingerprint density at radius 2 is 1.33 bits per heavy atom. The van der Waals surface area contributed by atoms with Crippen LogP contribution in [0, 0.1) is 0 Å². The number of amides is 1. The summed E-state index contributed by atoms with van der Waals surface area (Å²) >= 11 is 12.0. The molecule has 1 N–H and O–H groups in total. The molecule has 0 saturated carbocycles. The quantitative estimate of drug-likeness (QED) is 0.279. The maximum absolute atomic E-state index is 12.3. The van der Waals surface area contributed by atoms with E-state index in [1.807, 2.05) is 0 Å². The van der Waals surface area contributed by atoms with Crippen LogP contribution in [0.2, 0.25) is 10.0 Å². The Balaban J connectivity index is 1.47. The largest absolute Gasteiger partial charge is 0.344 e. The first-order chi connectivity index (χ1) is 14.6. The molecule has 0 saturated heterocycles. The first kappa shape index (κ1) is 24.9. The lowest BCUT2D eigenvalue weighted by Gasteiger charge is -2.06. The van der Waals surface area contributed by atoms with Crippen LogP contribution in [0.25, 0.3) is 11.0 Å². The van der Waals surface area contributed by atoms with Gasteiger partial charge in [0.15, 0.2) is 0 Å². The van der Waals surface area contributed by atoms with Crippen LogP contribution >= 0.6 is 23.2 Å². The Morgan fingerprint density at radius 3 is 1.90 bits per heavy atom. The number of fused-ring (bicyclic) bond motifs is 1. The first-order valence-electron chi connectivity index (χ1n) is 11.6. The number of nitrogens with one attached hydrogen (secondary N) is 1. The van der Waals surface area contributed by atoms with Crippen LogP contribution in [0.15, 0.2) is 12.1 Å². The molecular formula is C23H36Cl2N4O. The van der Waals surface area contributed by atoms with Crippen LogP contribution in [0.1, 0.15) is 96.8 Å². The van der Waals surface area contributed by atoms with E-state index >= 15 is 0 Å². The van der Waals surface area contributed by atoms with Crippen LogP contribution in [-0.2, 0) is 0 Å². The van der Waals surface area contributed by atoms with Crippen molar-refractivity contribution in [2.45, 2.75) is 96.8 Å². The fraction of sp³-hybridized carbons (Fsp3) is 0.696. The van der Waals surface area contributed by atoms with Gasteiger partial charge in [-0.3, -0.25) is 0 Å². The van der Waals surface area contributed by atoms with Gasteiger partial charge in [0.25, 0.3) is 0 Å². The molecule has 2 aromatic rings. The van der Waals surface area contributed by atoms with Crippen LogP contribution in [0.3, 0.4) is 0 Å². The number of benzene rings is 1. The highest BCUT2D eigenvalue weighted by Gasteiger charge is 2.13. The van der Waals surface area contributed by atoms with Gasteiger partial charge >= 0.3 is 6.03 Å². The van der Waals surface area contributed by atoms with Crippen molar-refractivity contribution in [2.75, 3.05) is 6.54 Å². The molecule has 0 spiro atoms. The topological polar surface area (TPSA) is 59.8 Å². The summed E-state index contributed by atoms with van der Waals surface area (Å²) in [6.07, 6.45) is 18.5. The highest BCUT2D eigenvalue weighted by atomic mass is 35.5. The normalized spacial score (nSPS) is 11.3. The second-order valence-corrected chi connectivity index (χ2v) is 8.90. The van der Waals surface area contributed by atoms with E-state index in [-0.39, 0.29) is 6.03 Å². The molecule has 1 aromatic carbocycles. The fourth-order valence-electron chi connectivity index (χ4n) is 3.66. The molecule has 168 valence electrons. The standard InChI is InChI=1S/C23H36Cl2N4O/c1-2-3-4-5-6-7-8-9-10-11-12-13-14-15-16-26-23(30)29-22-18-20(25)19(24)17-21(22)27-28-29/h17-18H,2-16H2,1H3,(H,26,30). The Kier molecular flexibility index (Phi) is 12.2. The average molecular weight is 455 g/mol. The Labute approximate surface area is 190 Å². The van der Waals surface area contributed by atoms with Crippen molar-refractivity contribution >= 4 is 40.3 Å². The maximum atomic E-state index is 12.3. The maximum Gasteiger partial charge on any atom is 0.344 e. The van der Waals surface area contributed by atoms with Crippen molar-refractivity contribution in [1.82, 2.24) is 20.3 Å². The van der Waals surface area contributed by atoms with Crippen molar-refractivity contribution in [3.05, 3.63) is 22.2 Å². The summed E-state index contributed by atoms with van der Waals surface area (Å²) in [4.78, 5) is 12.3. The molecule has 7 heteroatoms. The predicted octanol–water partition coefficient (Wildman–Crippen LogP) is 7.78. The summed E-state index contributed by atoms with van der Waals surface area (Å²) in [6.45, 7) is 2.91. The van der Waals surface area contributed by atoms with Gasteiger partial charge < -0.3 is 5.32 Å². The molecule has 5 nitrogen and oxygen atoms in total. The predicted molar refractivity (Wildman–Crippen MR) is 127 cm³/mol. The van der Waals surface area contributed by atoms with Crippen LogP contribution in [0.5, 0.6) is 0 Å². The molecular weight excluding hydrogens is 419 g/mol. The van der Waals surface area contributed by atoms with E-state index in [1.165, 1.54) is 81.7 Å². The average Bonchev–Trinajstić information content (AvgIpc) is 3.13. The molecule has 0 fully saturated rings. The summed E-state index contributed by atoms with van der Waals surface area (Å²) in [5.74, 6) is 0. The molecule has 0 radical (unpaired) electrons. The number of carbonyl (C=O) groups is 1. The fourth-order valence-corrected chi connectivity index (χ4v) is 3.97. The number of carbonyl (C=O) groups excluding carboxylic acids is 1. The van der Waals surface area contributed by atoms with E-state index in [0.717, 1.165) is 12.8 Å². The summed E-state index contributed by atoms with van der Waals surface area (Å²) in [6, 6.07) is 2.94. The number of hydrogen-bond acceptors (Lipinski definition) is 3. The van der Waals surface area contributed by atoms with Gasteiger partial charge in [0.1, 0.15) is 11.0 Å². The van der Waals surface area contributed by atoms with E-state index in [0.29, 0.717) is 27.6 Å². The zero-order chi connectivity index (χ0) is 21.6. The smallest absolute Gasteiger partial charge is 0.336 e. The zero-order valence-corrected chi connectivity index (χ0v) is 19.8. The summed E-state index contributed by atoms with van der Waals surface area (Å²) in [5, 5.41) is 11.6. The number of hydrogen-bond donors (Lipinski definition) is 1. The summed E-state index contributed by atoms with van der Waals surface area (Å²) < 4.78 is 1.24. The number of rotatable bonds is 15. The van der Waals surface area contributed by atoms with Gasteiger partial charge in [0.05, 0.1) is 10.0 Å². The van der Waals surface area contributed by atoms with Gasteiger partial charge in [0, 0.05) is 6.54 Å². The Morgan fingerprint density at radius 1 is 0.833 bits per heavy atom. The van der Waals surface area contributed by atoms with E-state index in [4.69, 9.17) is 23.2 Å². The van der Waals surface area contributed by atoms with Gasteiger partial charge in [-0.05, 0) is 18.6 Å². The van der Waals surface area contributed by atoms with Gasteiger partial charge in [-0.25, -0.2) is 4.79 Å². The lowest BCUT2D eigenvalue weighted by Crippen LogP contribution is -2.30. The number of nitrogens with zero attached hydrogens (tertiary/aromatic N) is 3. The lowest BCUT2D eigenvalue weighted by atomic mass is 10.0. The van der Waals surface area contributed by atoms with Crippen molar-refractivity contribution < 1.29 is 4.79 Å². The number of aromatic nitrogens is 3. The van der Waals surface area contributed by atoms with E-state index in [9.17, 15) is 4.79 Å². The molecule has 0 aliphatic carbocycles. The molecule has 1 amide bonds. The molecule has 0 bridgehead atoms. The zero-order valence-electron chi connectivity index (χ0n) is 18.3. The summed E-state index contributed by atoms with van der Waals surface area (Å²) in [7, 11) is 0. The van der Waals surface area contributed by atoms with Crippen LogP contribution < -0.4 is 5.32 Å². The molecule has 1 heterocycles. The second-order valence-electron chi connectivity index (χ2n) is 8.08. The lowest BCUT2D eigenvalue weighted by molar-refractivity contribution is 0.239. The molecule has 0 aliphatic rings. The van der Waals surface area contributed by atoms with E-state index in [1.54, 1.807) is 12.1 Å². The van der Waals surface area contributed by atoms with Crippen molar-refractivity contribution in [3.63, 3.8) is 0 Å². The highest BCUT2D eigenvalue weighted by Crippen LogP contribution is 2.26. The Bertz CT molecular complexity index is 763. The minimum Gasteiger partial charge on any atom is -0.336 e. The molecule has 0 unspecified atom stereocenters. The molecule has 2 rings (SSSR count). The van der Waals surface area contributed by atoms with Gasteiger partial charge in [0.2, 0.25) is 0 Å². The number of halogens is 2. The SMILES string of the molecule is CCCCCCCCCCCCCCCCNC(=O)n1nnc2cc(Cl)c(Cl)cc21. The monoisotopic (exact) mass is 454 g/mol. The number of unbranched alkanes of at least 4 members (excludes halogenated alkanes) is 13. The molecule has 0 atom stereocenters. The van der Waals surface area contributed by atoms with Crippen molar-refractivity contribution in [1.29, 1.82) is 0 Å². The van der Waals surface area contributed by atoms with E-state index < -0.39 is 0 Å². The third-order valence-electron chi connectivity index (χ3n) is 5.49.